The van der Waals surface area contributed by atoms with Crippen molar-refractivity contribution >= 4 is 22.4 Å². The molecule has 0 fully saturated rings. The summed E-state index contributed by atoms with van der Waals surface area (Å²) >= 11 is 5.71. The molecule has 17 heavy (non-hydrogen) atoms. The topological polar surface area (TPSA) is 71.9 Å². The van der Waals surface area contributed by atoms with Crippen LogP contribution < -0.4 is 11.2 Å². The van der Waals surface area contributed by atoms with Crippen LogP contribution in [0.15, 0.2) is 9.59 Å². The van der Waals surface area contributed by atoms with E-state index in [0.29, 0.717) is 17.7 Å². The molecule has 0 amide bonds. The van der Waals surface area contributed by atoms with Gasteiger partial charge in [0.2, 0.25) is 0 Å². The number of halogens is 1. The highest BCUT2D eigenvalue weighted by atomic mass is 35.5. The number of nitrogens with one attached hydrogen (secondary N) is 1. The first-order valence-corrected chi connectivity index (χ1v) is 7.26. The molecule has 1 heterocycles. The van der Waals surface area contributed by atoms with Gasteiger partial charge in [0.25, 0.3) is 5.56 Å². The van der Waals surface area contributed by atoms with E-state index in [-0.39, 0.29) is 11.2 Å². The second-order valence-corrected chi connectivity index (χ2v) is 5.89. The highest BCUT2D eigenvalue weighted by molar-refractivity contribution is 7.84. The summed E-state index contributed by atoms with van der Waals surface area (Å²) in [6.07, 6.45) is 2.10. The van der Waals surface area contributed by atoms with Crippen LogP contribution in [0.3, 0.4) is 0 Å². The lowest BCUT2D eigenvalue weighted by atomic mass is 10.2. The van der Waals surface area contributed by atoms with E-state index in [1.807, 2.05) is 0 Å². The Hall–Kier alpha value is -0.880. The van der Waals surface area contributed by atoms with Crippen molar-refractivity contribution in [2.45, 2.75) is 26.3 Å². The van der Waals surface area contributed by atoms with E-state index in [0.717, 1.165) is 4.57 Å². The Morgan fingerprint density at radius 3 is 2.59 bits per heavy atom. The molecule has 0 spiro atoms. The van der Waals surface area contributed by atoms with Crippen LogP contribution >= 0.6 is 11.6 Å². The smallest absolute Gasteiger partial charge is 0.297 e. The van der Waals surface area contributed by atoms with Crippen molar-refractivity contribution in [1.29, 1.82) is 0 Å². The molecule has 96 valence electrons. The SMILES string of the molecule is Cc1c(Cl)[nH]c(=O)n(C(C)CCS(C)=O)c1=O. The molecule has 7 heteroatoms. The fourth-order valence-corrected chi connectivity index (χ4v) is 2.32. The summed E-state index contributed by atoms with van der Waals surface area (Å²) in [5.41, 5.74) is -0.608. The maximum Gasteiger partial charge on any atom is 0.329 e. The van der Waals surface area contributed by atoms with Crippen LogP contribution in [0.4, 0.5) is 0 Å². The van der Waals surface area contributed by atoms with Gasteiger partial charge in [0.05, 0.1) is 0 Å². The van der Waals surface area contributed by atoms with E-state index >= 15 is 0 Å². The van der Waals surface area contributed by atoms with E-state index in [1.54, 1.807) is 20.1 Å². The molecule has 2 atom stereocenters. The highest BCUT2D eigenvalue weighted by Gasteiger charge is 2.14. The monoisotopic (exact) mass is 278 g/mol. The summed E-state index contributed by atoms with van der Waals surface area (Å²) in [5, 5.41) is 0.0718. The van der Waals surface area contributed by atoms with E-state index in [9.17, 15) is 13.8 Å². The molecule has 1 rings (SSSR count). The Morgan fingerprint density at radius 2 is 2.06 bits per heavy atom. The molecule has 0 saturated carbocycles. The lowest BCUT2D eigenvalue weighted by Crippen LogP contribution is -2.38. The van der Waals surface area contributed by atoms with Gasteiger partial charge >= 0.3 is 5.69 Å². The molecule has 0 bridgehead atoms. The van der Waals surface area contributed by atoms with Crippen LogP contribution in [0.25, 0.3) is 0 Å². The predicted octanol–water partition coefficient (Wildman–Crippen LogP) is 0.828. The minimum absolute atomic E-state index is 0.0718. The number of hydrogen-bond donors (Lipinski definition) is 1. The number of hydrogen-bond acceptors (Lipinski definition) is 3. The molecule has 5 nitrogen and oxygen atoms in total. The number of aromatic nitrogens is 2. The summed E-state index contributed by atoms with van der Waals surface area (Å²) in [7, 11) is -0.937. The zero-order valence-electron chi connectivity index (χ0n) is 9.95. The summed E-state index contributed by atoms with van der Waals surface area (Å²) in [5.74, 6) is 0.453. The summed E-state index contributed by atoms with van der Waals surface area (Å²) in [6, 6.07) is -0.300. The molecule has 0 saturated heterocycles. The minimum Gasteiger partial charge on any atom is -0.297 e. The van der Waals surface area contributed by atoms with Gasteiger partial charge in [0.15, 0.2) is 0 Å². The third-order valence-corrected chi connectivity index (χ3v) is 3.76. The van der Waals surface area contributed by atoms with Gasteiger partial charge < -0.3 is 0 Å². The van der Waals surface area contributed by atoms with E-state index in [1.165, 1.54) is 0 Å². The lowest BCUT2D eigenvalue weighted by molar-refractivity contribution is 0.489. The van der Waals surface area contributed by atoms with Gasteiger partial charge in [-0.15, -0.1) is 0 Å². The average Bonchev–Trinajstić information content (AvgIpc) is 2.23. The van der Waals surface area contributed by atoms with Gasteiger partial charge in [-0.25, -0.2) is 4.79 Å². The van der Waals surface area contributed by atoms with Crippen LogP contribution in [0.1, 0.15) is 24.9 Å². The van der Waals surface area contributed by atoms with Gasteiger partial charge in [0, 0.05) is 34.4 Å². The first-order chi connectivity index (χ1) is 7.84. The van der Waals surface area contributed by atoms with Crippen LogP contribution in [0, 0.1) is 6.92 Å². The molecule has 0 aliphatic carbocycles. The van der Waals surface area contributed by atoms with Gasteiger partial charge in [0.1, 0.15) is 5.15 Å². The minimum atomic E-state index is -0.937. The van der Waals surface area contributed by atoms with Crippen LogP contribution in [0.2, 0.25) is 5.15 Å². The molecule has 2 unspecified atom stereocenters. The van der Waals surface area contributed by atoms with Crippen LogP contribution in [-0.2, 0) is 10.8 Å². The number of aromatic amines is 1. The third-order valence-electron chi connectivity index (χ3n) is 2.57. The van der Waals surface area contributed by atoms with Crippen molar-refractivity contribution in [3.05, 3.63) is 31.6 Å². The Bertz CT molecular complexity index is 549. The first kappa shape index (κ1) is 14.2. The quantitative estimate of drug-likeness (QED) is 0.829. The lowest BCUT2D eigenvalue weighted by Gasteiger charge is -2.14. The van der Waals surface area contributed by atoms with Gasteiger partial charge in [-0.05, 0) is 20.3 Å². The molecule has 0 aliphatic rings. The molecule has 0 aliphatic heterocycles. The normalized spacial score (nSPS) is 14.6. The molecule has 0 radical (unpaired) electrons. The summed E-state index contributed by atoms with van der Waals surface area (Å²) in [4.78, 5) is 25.9. The zero-order chi connectivity index (χ0) is 13.2. The van der Waals surface area contributed by atoms with E-state index in [4.69, 9.17) is 11.6 Å². The van der Waals surface area contributed by atoms with Crippen molar-refractivity contribution in [2.75, 3.05) is 12.0 Å². The molecule has 0 aromatic carbocycles. The van der Waals surface area contributed by atoms with Crippen molar-refractivity contribution < 1.29 is 4.21 Å². The Labute approximate surface area is 106 Å². The molecular formula is C10H15ClN2O3S. The van der Waals surface area contributed by atoms with Gasteiger partial charge in [-0.2, -0.15) is 0 Å². The Morgan fingerprint density at radius 1 is 1.47 bits per heavy atom. The van der Waals surface area contributed by atoms with Crippen molar-refractivity contribution in [1.82, 2.24) is 9.55 Å². The van der Waals surface area contributed by atoms with Crippen LogP contribution in [0.5, 0.6) is 0 Å². The van der Waals surface area contributed by atoms with Crippen LogP contribution in [-0.4, -0.2) is 25.8 Å². The first-order valence-electron chi connectivity index (χ1n) is 5.15. The number of nitrogens with zero attached hydrogens (tertiary/aromatic N) is 1. The van der Waals surface area contributed by atoms with Gasteiger partial charge in [-0.1, -0.05) is 11.6 Å². The van der Waals surface area contributed by atoms with Crippen molar-refractivity contribution in [3.63, 3.8) is 0 Å². The molecule has 1 aromatic rings. The fourth-order valence-electron chi connectivity index (χ4n) is 1.48. The Kier molecular flexibility index (Phi) is 4.70. The van der Waals surface area contributed by atoms with E-state index < -0.39 is 22.0 Å². The summed E-state index contributed by atoms with van der Waals surface area (Å²) < 4.78 is 12.1. The largest absolute Gasteiger partial charge is 0.329 e. The predicted molar refractivity (Wildman–Crippen MR) is 69.3 cm³/mol. The van der Waals surface area contributed by atoms with Gasteiger partial charge in [-0.3, -0.25) is 18.6 Å². The highest BCUT2D eigenvalue weighted by Crippen LogP contribution is 2.09. The maximum absolute atomic E-state index is 11.9. The second-order valence-electron chi connectivity index (χ2n) is 3.96. The van der Waals surface area contributed by atoms with Crippen molar-refractivity contribution in [2.24, 2.45) is 0 Å². The number of H-pyrrole nitrogens is 1. The average molecular weight is 279 g/mol. The third kappa shape index (κ3) is 3.29. The second kappa shape index (κ2) is 5.64. The number of rotatable bonds is 4. The fraction of sp³-hybridized carbons (Fsp3) is 0.600. The maximum atomic E-state index is 11.9. The molecular weight excluding hydrogens is 264 g/mol. The van der Waals surface area contributed by atoms with E-state index in [2.05, 4.69) is 4.98 Å². The molecule has 1 N–H and O–H groups in total. The summed E-state index contributed by atoms with van der Waals surface area (Å²) in [6.45, 7) is 3.30. The van der Waals surface area contributed by atoms with Crippen molar-refractivity contribution in [3.8, 4) is 0 Å². The standard InChI is InChI=1S/C10H15ClN2O3S/c1-6(4-5-17(3)16)13-9(14)7(2)8(11)12-10(13)15/h6H,4-5H2,1-3H3,(H,12,15). The zero-order valence-corrected chi connectivity index (χ0v) is 11.5. The molecule has 1 aromatic heterocycles. The Balaban J connectivity index is 3.14.